The summed E-state index contributed by atoms with van der Waals surface area (Å²) in [5.41, 5.74) is 5.17. The highest BCUT2D eigenvalue weighted by molar-refractivity contribution is 5.92. The summed E-state index contributed by atoms with van der Waals surface area (Å²) in [6.45, 7) is 1.97. The molecule has 0 spiro atoms. The van der Waals surface area contributed by atoms with Crippen LogP contribution in [0.25, 0.3) is 22.2 Å². The molecule has 2 N–H and O–H groups in total. The van der Waals surface area contributed by atoms with Crippen molar-refractivity contribution in [1.29, 1.82) is 0 Å². The van der Waals surface area contributed by atoms with Gasteiger partial charge in [-0.2, -0.15) is 4.39 Å². The molecule has 3 heterocycles. The fourth-order valence-corrected chi connectivity index (χ4v) is 4.11. The number of nitrogens with one attached hydrogen (secondary N) is 2. The Labute approximate surface area is 218 Å². The number of imidazole rings is 1. The highest BCUT2D eigenvalue weighted by Gasteiger charge is 2.16. The molecule has 0 saturated heterocycles. The average Bonchev–Trinajstić information content (AvgIpc) is 3.22. The number of methoxy groups -OCH3 is 1. The number of halogens is 1. The summed E-state index contributed by atoms with van der Waals surface area (Å²) in [4.78, 5) is 24.4. The van der Waals surface area contributed by atoms with Gasteiger partial charge in [0.25, 0.3) is 5.91 Å². The smallest absolute Gasteiger partial charge is 0.269 e. The van der Waals surface area contributed by atoms with Gasteiger partial charge in [0.05, 0.1) is 18.1 Å². The van der Waals surface area contributed by atoms with E-state index in [-0.39, 0.29) is 11.6 Å². The zero-order valence-corrected chi connectivity index (χ0v) is 21.2. The van der Waals surface area contributed by atoms with Crippen LogP contribution in [0.15, 0.2) is 67.0 Å². The maximum Gasteiger partial charge on any atom is 0.269 e. The van der Waals surface area contributed by atoms with Gasteiger partial charge in [0.2, 0.25) is 11.9 Å². The van der Waals surface area contributed by atoms with Crippen molar-refractivity contribution in [3.05, 3.63) is 84.2 Å². The number of aromatic nitrogens is 4. The number of amides is 1. The highest BCUT2D eigenvalue weighted by Crippen LogP contribution is 2.37. The molecule has 1 amide bonds. The van der Waals surface area contributed by atoms with Gasteiger partial charge >= 0.3 is 0 Å². The molecule has 3 aromatic heterocycles. The van der Waals surface area contributed by atoms with Crippen LogP contribution < -0.4 is 20.1 Å². The summed E-state index contributed by atoms with van der Waals surface area (Å²) in [5.74, 6) is 1.13. The van der Waals surface area contributed by atoms with Crippen LogP contribution in [0.3, 0.4) is 0 Å². The highest BCUT2D eigenvalue weighted by atomic mass is 19.1. The van der Waals surface area contributed by atoms with Gasteiger partial charge in [0.1, 0.15) is 11.4 Å². The first kappa shape index (κ1) is 24.7. The molecule has 9 nitrogen and oxygen atoms in total. The number of nitrogens with zero attached hydrogens (tertiary/aromatic N) is 4. The minimum absolute atomic E-state index is 0.237. The van der Waals surface area contributed by atoms with Crippen LogP contribution in [-0.4, -0.2) is 39.6 Å². The van der Waals surface area contributed by atoms with Gasteiger partial charge < -0.3 is 24.7 Å². The summed E-state index contributed by atoms with van der Waals surface area (Å²) < 4.78 is 27.3. The van der Waals surface area contributed by atoms with Crippen molar-refractivity contribution in [1.82, 2.24) is 24.8 Å². The number of hydrogen-bond donors (Lipinski definition) is 2. The van der Waals surface area contributed by atoms with E-state index < -0.39 is 5.95 Å². The number of rotatable bonds is 7. The van der Waals surface area contributed by atoms with Gasteiger partial charge in [-0.15, -0.1) is 0 Å². The minimum Gasteiger partial charge on any atom is -0.493 e. The zero-order chi connectivity index (χ0) is 26.8. The number of benzene rings is 2. The molecule has 38 heavy (non-hydrogen) atoms. The van der Waals surface area contributed by atoms with E-state index >= 15 is 0 Å². The van der Waals surface area contributed by atoms with Crippen molar-refractivity contribution in [3.63, 3.8) is 0 Å². The van der Waals surface area contributed by atoms with Crippen LogP contribution in [0.4, 0.5) is 16.0 Å². The van der Waals surface area contributed by atoms with Gasteiger partial charge in [0.15, 0.2) is 11.5 Å². The maximum absolute atomic E-state index is 13.7. The van der Waals surface area contributed by atoms with Gasteiger partial charge in [0, 0.05) is 56.4 Å². The normalized spacial score (nSPS) is 10.9. The van der Waals surface area contributed by atoms with Gasteiger partial charge in [-0.25, -0.2) is 9.97 Å². The van der Waals surface area contributed by atoms with Crippen LogP contribution >= 0.6 is 0 Å². The molecule has 192 valence electrons. The van der Waals surface area contributed by atoms with Crippen molar-refractivity contribution in [2.24, 2.45) is 7.05 Å². The first-order valence-electron chi connectivity index (χ1n) is 11.8. The van der Waals surface area contributed by atoms with E-state index in [0.29, 0.717) is 28.7 Å². The summed E-state index contributed by atoms with van der Waals surface area (Å²) >= 11 is 0. The van der Waals surface area contributed by atoms with Crippen molar-refractivity contribution < 1.29 is 18.7 Å². The molecule has 0 aliphatic carbocycles. The quantitative estimate of drug-likeness (QED) is 0.282. The zero-order valence-electron chi connectivity index (χ0n) is 21.2. The third-order valence-corrected chi connectivity index (χ3v) is 6.12. The SMILES string of the molecule is CNC(=O)c1cc(Oc2cc3nc(Nc4ccc(C)c(-c5ccnc(F)c5)c4)n(C)c3cc2OC)ccn1. The first-order valence-corrected chi connectivity index (χ1v) is 11.8. The molecule has 5 aromatic rings. The molecule has 0 atom stereocenters. The van der Waals surface area contributed by atoms with Crippen molar-refractivity contribution >= 4 is 28.6 Å². The molecule has 0 unspecified atom stereocenters. The lowest BCUT2D eigenvalue weighted by molar-refractivity contribution is 0.0958. The van der Waals surface area contributed by atoms with E-state index in [1.807, 2.05) is 42.8 Å². The lowest BCUT2D eigenvalue weighted by Crippen LogP contribution is -2.18. The fraction of sp³-hybridized carbons (Fsp3) is 0.143. The van der Waals surface area contributed by atoms with Crippen molar-refractivity contribution in [3.8, 4) is 28.4 Å². The molecular formula is C28H25FN6O3. The Morgan fingerprint density at radius 1 is 1.00 bits per heavy atom. The second-order valence-electron chi connectivity index (χ2n) is 8.57. The molecule has 0 fully saturated rings. The molecule has 10 heteroatoms. The molecule has 0 aliphatic heterocycles. The molecule has 0 radical (unpaired) electrons. The Kier molecular flexibility index (Phi) is 6.61. The summed E-state index contributed by atoms with van der Waals surface area (Å²) in [6, 6.07) is 15.9. The minimum atomic E-state index is -0.529. The summed E-state index contributed by atoms with van der Waals surface area (Å²) in [5, 5.41) is 5.90. The largest absolute Gasteiger partial charge is 0.493 e. The average molecular weight is 513 g/mol. The molecule has 0 saturated carbocycles. The molecular weight excluding hydrogens is 487 g/mol. The lowest BCUT2D eigenvalue weighted by atomic mass is 10.0. The molecule has 0 bridgehead atoms. The predicted octanol–water partition coefficient (Wildman–Crippen LogP) is 5.38. The molecule has 2 aromatic carbocycles. The van der Waals surface area contributed by atoms with Gasteiger partial charge in [-0.1, -0.05) is 6.07 Å². The first-order chi connectivity index (χ1) is 18.4. The number of carbonyl (C=O) groups is 1. The summed E-state index contributed by atoms with van der Waals surface area (Å²) in [7, 11) is 4.99. The Morgan fingerprint density at radius 3 is 2.58 bits per heavy atom. The van der Waals surface area contributed by atoms with E-state index in [1.165, 1.54) is 25.5 Å². The van der Waals surface area contributed by atoms with Gasteiger partial charge in [-0.05, 0) is 47.9 Å². The van der Waals surface area contributed by atoms with E-state index in [2.05, 4.69) is 20.6 Å². The number of aryl methyl sites for hydroxylation is 2. The third-order valence-electron chi connectivity index (χ3n) is 6.12. The van der Waals surface area contributed by atoms with E-state index in [1.54, 1.807) is 31.4 Å². The number of anilines is 2. The lowest BCUT2D eigenvalue weighted by Gasteiger charge is -2.12. The molecule has 5 rings (SSSR count). The van der Waals surface area contributed by atoms with E-state index in [4.69, 9.17) is 14.5 Å². The Bertz CT molecular complexity index is 1670. The number of pyridine rings is 2. The van der Waals surface area contributed by atoms with Crippen molar-refractivity contribution in [2.45, 2.75) is 6.92 Å². The van der Waals surface area contributed by atoms with Crippen LogP contribution in [0.1, 0.15) is 16.1 Å². The fourth-order valence-electron chi connectivity index (χ4n) is 4.11. The molecule has 0 aliphatic rings. The van der Waals surface area contributed by atoms with E-state index in [0.717, 1.165) is 27.9 Å². The maximum atomic E-state index is 13.7. The van der Waals surface area contributed by atoms with Crippen LogP contribution in [0, 0.1) is 12.9 Å². The number of hydrogen-bond acceptors (Lipinski definition) is 7. The topological polar surface area (TPSA) is 103 Å². The number of ether oxygens (including phenoxy) is 2. The Balaban J connectivity index is 1.47. The Morgan fingerprint density at radius 2 is 1.82 bits per heavy atom. The second-order valence-corrected chi connectivity index (χ2v) is 8.57. The number of fused-ring (bicyclic) bond motifs is 1. The Hall–Kier alpha value is -4.99. The van der Waals surface area contributed by atoms with Gasteiger partial charge in [-0.3, -0.25) is 9.78 Å². The standard InChI is InChI=1S/C28H25FN6O3/c1-16-5-6-18(12-20(16)17-7-9-32-26(29)11-17)33-28-34-21-14-25(24(37-4)15-23(21)35(28)3)38-19-8-10-31-22(13-19)27(36)30-2/h5-15H,1-4H3,(H,30,36)(H,33,34). The van der Waals surface area contributed by atoms with Crippen molar-refractivity contribution in [2.75, 3.05) is 19.5 Å². The summed E-state index contributed by atoms with van der Waals surface area (Å²) in [6.07, 6.45) is 2.96. The third kappa shape index (κ3) is 4.83. The van der Waals surface area contributed by atoms with Crippen LogP contribution in [-0.2, 0) is 7.05 Å². The predicted molar refractivity (Wildman–Crippen MR) is 143 cm³/mol. The van der Waals surface area contributed by atoms with Crippen LogP contribution in [0.2, 0.25) is 0 Å². The van der Waals surface area contributed by atoms with E-state index in [9.17, 15) is 9.18 Å². The second kappa shape index (κ2) is 10.2. The number of carbonyl (C=O) groups excluding carboxylic acids is 1. The van der Waals surface area contributed by atoms with Crippen LogP contribution in [0.5, 0.6) is 17.2 Å². The monoisotopic (exact) mass is 512 g/mol.